The second-order valence-corrected chi connectivity index (χ2v) is 6.36. The van der Waals surface area contributed by atoms with Crippen molar-refractivity contribution >= 4 is 10.9 Å². The number of benzene rings is 1. The molecule has 0 aliphatic carbocycles. The zero-order chi connectivity index (χ0) is 14.4. The molecule has 0 atom stereocenters. The summed E-state index contributed by atoms with van der Waals surface area (Å²) < 4.78 is 2.35. The first-order chi connectivity index (χ1) is 8.81. The lowest BCUT2D eigenvalue weighted by molar-refractivity contribution is 0.493. The van der Waals surface area contributed by atoms with Crippen LogP contribution in [0.4, 0.5) is 0 Å². The van der Waals surface area contributed by atoms with Crippen LogP contribution in [0, 0.1) is 20.8 Å². The number of hydrogen-bond donors (Lipinski definition) is 1. The van der Waals surface area contributed by atoms with Crippen molar-refractivity contribution in [1.82, 2.24) is 9.88 Å². The average molecular weight is 258 g/mol. The van der Waals surface area contributed by atoms with E-state index in [1.165, 1.54) is 33.3 Å². The summed E-state index contributed by atoms with van der Waals surface area (Å²) in [4.78, 5) is 0. The lowest BCUT2D eigenvalue weighted by Crippen LogP contribution is -2.31. The lowest BCUT2D eigenvalue weighted by atomic mass is 9.81. The van der Waals surface area contributed by atoms with E-state index in [1.807, 2.05) is 7.05 Å². The second kappa shape index (κ2) is 4.68. The predicted molar refractivity (Wildman–Crippen MR) is 84.1 cm³/mol. The smallest absolute Gasteiger partial charge is 0.0515 e. The molecular weight excluding hydrogens is 232 g/mol. The van der Waals surface area contributed by atoms with Crippen molar-refractivity contribution in [2.24, 2.45) is 7.05 Å². The van der Waals surface area contributed by atoms with Crippen LogP contribution >= 0.6 is 0 Å². The minimum atomic E-state index is 0.136. The Morgan fingerprint density at radius 3 is 2.26 bits per heavy atom. The number of rotatable bonds is 3. The van der Waals surface area contributed by atoms with Gasteiger partial charge in [-0.05, 0) is 44.5 Å². The maximum atomic E-state index is 3.33. The summed E-state index contributed by atoms with van der Waals surface area (Å²) in [6.07, 6.45) is 0. The third kappa shape index (κ3) is 2.08. The maximum Gasteiger partial charge on any atom is 0.0515 e. The van der Waals surface area contributed by atoms with E-state index in [0.717, 1.165) is 6.54 Å². The highest BCUT2D eigenvalue weighted by Crippen LogP contribution is 2.37. The summed E-state index contributed by atoms with van der Waals surface area (Å²) in [5.74, 6) is 0. The van der Waals surface area contributed by atoms with Crippen LogP contribution in [0.15, 0.2) is 12.1 Å². The van der Waals surface area contributed by atoms with Gasteiger partial charge in [-0.3, -0.25) is 0 Å². The molecule has 0 aliphatic rings. The molecule has 2 heteroatoms. The van der Waals surface area contributed by atoms with Crippen LogP contribution in [-0.2, 0) is 12.5 Å². The number of hydrogen-bond acceptors (Lipinski definition) is 1. The van der Waals surface area contributed by atoms with Crippen molar-refractivity contribution in [3.05, 3.63) is 34.5 Å². The van der Waals surface area contributed by atoms with Crippen molar-refractivity contribution in [1.29, 1.82) is 0 Å². The summed E-state index contributed by atoms with van der Waals surface area (Å²) in [6, 6.07) is 4.47. The Hall–Kier alpha value is -1.28. The minimum Gasteiger partial charge on any atom is -0.347 e. The molecule has 0 aliphatic heterocycles. The Morgan fingerprint density at radius 1 is 1.11 bits per heavy atom. The molecule has 104 valence electrons. The van der Waals surface area contributed by atoms with E-state index in [4.69, 9.17) is 0 Å². The molecule has 1 aromatic heterocycles. The van der Waals surface area contributed by atoms with Crippen LogP contribution < -0.4 is 5.32 Å². The van der Waals surface area contributed by atoms with Crippen molar-refractivity contribution < 1.29 is 0 Å². The Kier molecular flexibility index (Phi) is 3.48. The van der Waals surface area contributed by atoms with E-state index in [1.54, 1.807) is 0 Å². The van der Waals surface area contributed by atoms with Gasteiger partial charge in [0, 0.05) is 30.1 Å². The molecule has 0 amide bonds. The average Bonchev–Trinajstić information content (AvgIpc) is 2.59. The van der Waals surface area contributed by atoms with Crippen LogP contribution in [0.5, 0.6) is 0 Å². The fraction of sp³-hybridized carbons (Fsp3) is 0.529. The first-order valence-corrected chi connectivity index (χ1v) is 7.01. The predicted octanol–water partition coefficient (Wildman–Crippen LogP) is 3.60. The molecule has 0 saturated carbocycles. The molecule has 1 heterocycles. The van der Waals surface area contributed by atoms with E-state index >= 15 is 0 Å². The molecule has 0 fully saturated rings. The molecule has 0 radical (unpaired) electrons. The summed E-state index contributed by atoms with van der Waals surface area (Å²) in [5, 5.41) is 4.78. The van der Waals surface area contributed by atoms with Gasteiger partial charge in [0.25, 0.3) is 0 Å². The molecule has 2 nitrogen and oxygen atoms in total. The van der Waals surface area contributed by atoms with Crippen LogP contribution in [0.3, 0.4) is 0 Å². The van der Waals surface area contributed by atoms with Gasteiger partial charge in [0.2, 0.25) is 0 Å². The van der Waals surface area contributed by atoms with Crippen LogP contribution in [0.25, 0.3) is 10.9 Å². The number of nitrogens with zero attached hydrogens (tertiary/aromatic N) is 1. The molecule has 2 aromatic rings. The molecule has 2 rings (SSSR count). The van der Waals surface area contributed by atoms with Gasteiger partial charge in [-0.25, -0.2) is 0 Å². The number of nitrogens with one attached hydrogen (secondary N) is 1. The summed E-state index contributed by atoms with van der Waals surface area (Å²) in [7, 11) is 4.21. The second-order valence-electron chi connectivity index (χ2n) is 6.36. The van der Waals surface area contributed by atoms with Gasteiger partial charge < -0.3 is 9.88 Å². The van der Waals surface area contributed by atoms with Crippen molar-refractivity contribution in [3.63, 3.8) is 0 Å². The largest absolute Gasteiger partial charge is 0.347 e. The van der Waals surface area contributed by atoms with Gasteiger partial charge in [-0.2, -0.15) is 0 Å². The van der Waals surface area contributed by atoms with Crippen LogP contribution in [0.1, 0.15) is 36.2 Å². The molecule has 1 aromatic carbocycles. The highest BCUT2D eigenvalue weighted by Gasteiger charge is 2.28. The van der Waals surface area contributed by atoms with Gasteiger partial charge in [0.1, 0.15) is 0 Å². The van der Waals surface area contributed by atoms with Gasteiger partial charge >= 0.3 is 0 Å². The molecule has 0 spiro atoms. The summed E-state index contributed by atoms with van der Waals surface area (Å²) in [6.45, 7) is 12.3. The molecule has 1 N–H and O–H groups in total. The minimum absolute atomic E-state index is 0.136. The summed E-state index contributed by atoms with van der Waals surface area (Å²) >= 11 is 0. The standard InChI is InChI=1S/C17H26N2/c1-11-8-9-12(2)16-14(11)15(13(3)19(16)7)17(4,5)10-18-6/h8-9,18H,10H2,1-7H3. The Labute approximate surface area is 116 Å². The number of aryl methyl sites for hydroxylation is 3. The molecule has 0 bridgehead atoms. The highest BCUT2D eigenvalue weighted by atomic mass is 15.0. The first kappa shape index (κ1) is 14.1. The van der Waals surface area contributed by atoms with Crippen molar-refractivity contribution in [2.75, 3.05) is 13.6 Å². The van der Waals surface area contributed by atoms with Gasteiger partial charge in [-0.1, -0.05) is 26.0 Å². The van der Waals surface area contributed by atoms with Crippen molar-refractivity contribution in [2.45, 2.75) is 40.0 Å². The van der Waals surface area contributed by atoms with Gasteiger partial charge in [0.05, 0.1) is 5.52 Å². The Bertz CT molecular complexity index is 618. The van der Waals surface area contributed by atoms with E-state index in [9.17, 15) is 0 Å². The van der Waals surface area contributed by atoms with E-state index in [-0.39, 0.29) is 5.41 Å². The van der Waals surface area contributed by atoms with Gasteiger partial charge in [-0.15, -0.1) is 0 Å². The molecule has 19 heavy (non-hydrogen) atoms. The van der Waals surface area contributed by atoms with E-state index < -0.39 is 0 Å². The third-order valence-corrected chi connectivity index (χ3v) is 4.33. The quantitative estimate of drug-likeness (QED) is 0.890. The Balaban J connectivity index is 2.89. The molecule has 0 unspecified atom stereocenters. The SMILES string of the molecule is CNCC(C)(C)c1c(C)n(C)c2c(C)ccc(C)c12. The lowest BCUT2D eigenvalue weighted by Gasteiger charge is -2.26. The monoisotopic (exact) mass is 258 g/mol. The van der Waals surface area contributed by atoms with E-state index in [0.29, 0.717) is 0 Å². The number of likely N-dealkylation sites (N-methyl/N-ethyl adjacent to an activating group) is 1. The van der Waals surface area contributed by atoms with Crippen molar-refractivity contribution in [3.8, 4) is 0 Å². The third-order valence-electron chi connectivity index (χ3n) is 4.33. The fourth-order valence-corrected chi connectivity index (χ4v) is 3.42. The number of aromatic nitrogens is 1. The van der Waals surface area contributed by atoms with E-state index in [2.05, 4.69) is 63.7 Å². The summed E-state index contributed by atoms with van der Waals surface area (Å²) in [5.41, 5.74) is 7.13. The number of fused-ring (bicyclic) bond motifs is 1. The Morgan fingerprint density at radius 2 is 1.68 bits per heavy atom. The fourth-order valence-electron chi connectivity index (χ4n) is 3.42. The first-order valence-electron chi connectivity index (χ1n) is 7.01. The maximum absolute atomic E-state index is 3.33. The normalized spacial score (nSPS) is 12.4. The van der Waals surface area contributed by atoms with Crippen LogP contribution in [0.2, 0.25) is 0 Å². The molecule has 0 saturated heterocycles. The topological polar surface area (TPSA) is 17.0 Å². The zero-order valence-corrected chi connectivity index (χ0v) is 13.3. The van der Waals surface area contributed by atoms with Crippen LogP contribution in [-0.4, -0.2) is 18.2 Å². The van der Waals surface area contributed by atoms with Gasteiger partial charge in [0.15, 0.2) is 0 Å². The zero-order valence-electron chi connectivity index (χ0n) is 13.3. The highest BCUT2D eigenvalue weighted by molar-refractivity contribution is 5.91. The molecular formula is C17H26N2.